The van der Waals surface area contributed by atoms with E-state index in [2.05, 4.69) is 9.80 Å². The van der Waals surface area contributed by atoms with E-state index < -0.39 is 5.60 Å². The Morgan fingerprint density at radius 3 is 2.74 bits per heavy atom. The normalized spacial score (nSPS) is 22.0. The molecule has 0 unspecified atom stereocenters. The van der Waals surface area contributed by atoms with Crippen LogP contribution in [-0.2, 0) is 11.2 Å². The summed E-state index contributed by atoms with van der Waals surface area (Å²) in [5.41, 5.74) is 1.21. The largest absolute Gasteiger partial charge is 0.390 e. The van der Waals surface area contributed by atoms with Crippen LogP contribution in [-0.4, -0.2) is 71.8 Å². The van der Waals surface area contributed by atoms with Crippen LogP contribution in [0.1, 0.15) is 55.5 Å². The summed E-state index contributed by atoms with van der Waals surface area (Å²) < 4.78 is 5.45. The van der Waals surface area contributed by atoms with Crippen molar-refractivity contribution in [3.8, 4) is 0 Å². The molecule has 0 bridgehead atoms. The molecule has 0 saturated carbocycles. The third kappa shape index (κ3) is 6.03. The Morgan fingerprint density at radius 2 is 2.00 bits per heavy atom. The van der Waals surface area contributed by atoms with E-state index >= 15 is 0 Å². The molecule has 2 aliphatic heterocycles. The van der Waals surface area contributed by atoms with Crippen LogP contribution in [0.4, 0.5) is 0 Å². The molecule has 0 aliphatic carbocycles. The fourth-order valence-corrected chi connectivity index (χ4v) is 4.02. The maximum absolute atomic E-state index is 13.2. The molecule has 27 heavy (non-hydrogen) atoms. The van der Waals surface area contributed by atoms with Crippen LogP contribution in [0, 0.1) is 0 Å². The first-order valence-electron chi connectivity index (χ1n) is 10.3. The monoisotopic (exact) mass is 374 g/mol. The smallest absolute Gasteiger partial charge is 0.254 e. The van der Waals surface area contributed by atoms with Gasteiger partial charge in [-0.05, 0) is 63.6 Å². The van der Waals surface area contributed by atoms with Gasteiger partial charge in [-0.1, -0.05) is 12.1 Å². The van der Waals surface area contributed by atoms with E-state index in [-0.39, 0.29) is 5.91 Å². The SMILES string of the molecule is CC(C)(O)CCc1cccc(C(=O)N2CCCC[C@@H]2CN2CCOCC2)c1. The maximum Gasteiger partial charge on any atom is 0.254 e. The van der Waals surface area contributed by atoms with Crippen LogP contribution < -0.4 is 0 Å². The molecule has 2 fully saturated rings. The van der Waals surface area contributed by atoms with E-state index in [4.69, 9.17) is 4.74 Å². The van der Waals surface area contributed by atoms with E-state index in [0.29, 0.717) is 12.5 Å². The second-order valence-electron chi connectivity index (χ2n) is 8.57. The van der Waals surface area contributed by atoms with Crippen molar-refractivity contribution >= 4 is 5.91 Å². The molecule has 1 atom stereocenters. The third-order valence-electron chi connectivity index (χ3n) is 5.66. The molecule has 2 heterocycles. The Labute approximate surface area is 163 Å². The van der Waals surface area contributed by atoms with Crippen LogP contribution in [0.3, 0.4) is 0 Å². The quantitative estimate of drug-likeness (QED) is 0.832. The molecule has 2 aliphatic rings. The molecule has 1 aromatic carbocycles. The first-order valence-corrected chi connectivity index (χ1v) is 10.3. The molecule has 5 nitrogen and oxygen atoms in total. The van der Waals surface area contributed by atoms with Crippen LogP contribution in [0.15, 0.2) is 24.3 Å². The van der Waals surface area contributed by atoms with Gasteiger partial charge in [-0.3, -0.25) is 9.69 Å². The van der Waals surface area contributed by atoms with Crippen LogP contribution in [0.25, 0.3) is 0 Å². The molecular formula is C22H34N2O3. The summed E-state index contributed by atoms with van der Waals surface area (Å²) >= 11 is 0. The third-order valence-corrected chi connectivity index (χ3v) is 5.66. The average Bonchev–Trinajstić information content (AvgIpc) is 2.67. The van der Waals surface area contributed by atoms with Crippen molar-refractivity contribution < 1.29 is 14.6 Å². The number of piperidine rings is 1. The van der Waals surface area contributed by atoms with Crippen molar-refractivity contribution in [1.82, 2.24) is 9.80 Å². The Balaban J connectivity index is 1.66. The van der Waals surface area contributed by atoms with Crippen LogP contribution >= 0.6 is 0 Å². The second kappa shape index (κ2) is 9.18. The number of morpholine rings is 1. The summed E-state index contributed by atoms with van der Waals surface area (Å²) in [5, 5.41) is 9.96. The van der Waals surface area contributed by atoms with Gasteiger partial charge in [0.15, 0.2) is 0 Å². The van der Waals surface area contributed by atoms with E-state index in [1.807, 2.05) is 38.1 Å². The maximum atomic E-state index is 13.2. The molecule has 0 aromatic heterocycles. The van der Waals surface area contributed by atoms with Crippen LogP contribution in [0.5, 0.6) is 0 Å². The Morgan fingerprint density at radius 1 is 1.22 bits per heavy atom. The van der Waals surface area contributed by atoms with Gasteiger partial charge in [0.1, 0.15) is 0 Å². The zero-order valence-electron chi connectivity index (χ0n) is 16.8. The van der Waals surface area contributed by atoms with Crippen molar-refractivity contribution in [3.63, 3.8) is 0 Å². The molecule has 2 saturated heterocycles. The minimum Gasteiger partial charge on any atom is -0.390 e. The lowest BCUT2D eigenvalue weighted by Crippen LogP contribution is -2.51. The molecule has 3 rings (SSSR count). The van der Waals surface area contributed by atoms with E-state index in [1.165, 1.54) is 6.42 Å². The Bertz CT molecular complexity index is 620. The minimum absolute atomic E-state index is 0.151. The number of hydrogen-bond acceptors (Lipinski definition) is 4. The summed E-state index contributed by atoms with van der Waals surface area (Å²) in [6.07, 6.45) is 4.84. The van der Waals surface area contributed by atoms with Gasteiger partial charge in [0.25, 0.3) is 5.91 Å². The standard InChI is InChI=1S/C22H34N2O3/c1-22(2,26)10-9-18-6-5-7-19(16-18)21(25)24-11-4-3-8-20(24)17-23-12-14-27-15-13-23/h5-7,16,20,26H,3-4,8-15,17H2,1-2H3/t20-/m1/s1. The van der Waals surface area contributed by atoms with Gasteiger partial charge >= 0.3 is 0 Å². The second-order valence-corrected chi connectivity index (χ2v) is 8.57. The lowest BCUT2D eigenvalue weighted by molar-refractivity contribution is 0.0166. The van der Waals surface area contributed by atoms with Gasteiger partial charge in [0.05, 0.1) is 18.8 Å². The number of amides is 1. The lowest BCUT2D eigenvalue weighted by Gasteiger charge is -2.39. The number of carbonyl (C=O) groups is 1. The number of carbonyl (C=O) groups excluding carboxylic acids is 1. The van der Waals surface area contributed by atoms with Gasteiger partial charge in [0, 0.05) is 37.8 Å². The highest BCUT2D eigenvalue weighted by atomic mass is 16.5. The molecule has 5 heteroatoms. The van der Waals surface area contributed by atoms with Crippen molar-refractivity contribution in [3.05, 3.63) is 35.4 Å². The number of benzene rings is 1. The average molecular weight is 375 g/mol. The lowest BCUT2D eigenvalue weighted by atomic mass is 9.96. The highest BCUT2D eigenvalue weighted by Gasteiger charge is 2.29. The fraction of sp³-hybridized carbons (Fsp3) is 0.682. The zero-order chi connectivity index (χ0) is 19.3. The molecule has 1 aromatic rings. The van der Waals surface area contributed by atoms with Gasteiger partial charge in [-0.2, -0.15) is 0 Å². The predicted molar refractivity (Wildman–Crippen MR) is 107 cm³/mol. The highest BCUT2D eigenvalue weighted by Crippen LogP contribution is 2.22. The number of rotatable bonds is 6. The number of hydrogen-bond donors (Lipinski definition) is 1. The van der Waals surface area contributed by atoms with Gasteiger partial charge < -0.3 is 14.7 Å². The van der Waals surface area contributed by atoms with Gasteiger partial charge in [-0.15, -0.1) is 0 Å². The molecule has 1 N–H and O–H groups in total. The highest BCUT2D eigenvalue weighted by molar-refractivity contribution is 5.94. The molecule has 150 valence electrons. The summed E-state index contributed by atoms with van der Waals surface area (Å²) in [6.45, 7) is 8.97. The van der Waals surface area contributed by atoms with Gasteiger partial charge in [-0.25, -0.2) is 0 Å². The van der Waals surface area contributed by atoms with E-state index in [0.717, 1.165) is 69.8 Å². The van der Waals surface area contributed by atoms with Crippen molar-refractivity contribution in [2.24, 2.45) is 0 Å². The number of aliphatic hydroxyl groups is 1. The van der Waals surface area contributed by atoms with E-state index in [1.54, 1.807) is 0 Å². The zero-order valence-corrected chi connectivity index (χ0v) is 16.8. The molecular weight excluding hydrogens is 340 g/mol. The van der Waals surface area contributed by atoms with Crippen molar-refractivity contribution in [2.45, 2.75) is 57.6 Å². The number of aryl methyl sites for hydroxylation is 1. The van der Waals surface area contributed by atoms with E-state index in [9.17, 15) is 9.90 Å². The Hall–Kier alpha value is -1.43. The molecule has 1 amide bonds. The summed E-state index contributed by atoms with van der Waals surface area (Å²) in [7, 11) is 0. The van der Waals surface area contributed by atoms with Crippen molar-refractivity contribution in [2.75, 3.05) is 39.4 Å². The predicted octanol–water partition coefficient (Wildman–Crippen LogP) is 2.72. The number of nitrogens with zero attached hydrogens (tertiary/aromatic N) is 2. The first-order chi connectivity index (χ1) is 12.9. The molecule has 0 radical (unpaired) electrons. The summed E-state index contributed by atoms with van der Waals surface area (Å²) in [5.74, 6) is 0.151. The molecule has 0 spiro atoms. The first kappa shape index (κ1) is 20.3. The Kier molecular flexibility index (Phi) is 6.90. The minimum atomic E-state index is -0.684. The number of ether oxygens (including phenoxy) is 1. The van der Waals surface area contributed by atoms with Crippen LogP contribution in [0.2, 0.25) is 0 Å². The summed E-state index contributed by atoms with van der Waals surface area (Å²) in [4.78, 5) is 17.8. The van der Waals surface area contributed by atoms with Crippen molar-refractivity contribution in [1.29, 1.82) is 0 Å². The number of likely N-dealkylation sites (tertiary alicyclic amines) is 1. The topological polar surface area (TPSA) is 53.0 Å². The fourth-order valence-electron chi connectivity index (χ4n) is 4.02. The summed E-state index contributed by atoms with van der Waals surface area (Å²) in [6, 6.07) is 8.24. The van der Waals surface area contributed by atoms with Gasteiger partial charge in [0.2, 0.25) is 0 Å².